The molecule has 1 atom stereocenters. The maximum Gasteiger partial charge on any atom is 0.512 e. The largest absolute Gasteiger partial charge is 0.512 e. The van der Waals surface area contributed by atoms with Crippen LogP contribution in [0.4, 0.5) is 4.79 Å². The third kappa shape index (κ3) is 4.98. The molecular weight excluding hydrogens is 380 g/mol. The third-order valence-corrected chi connectivity index (χ3v) is 4.76. The van der Waals surface area contributed by atoms with Gasteiger partial charge in [0.1, 0.15) is 12.4 Å². The van der Waals surface area contributed by atoms with Crippen molar-refractivity contribution in [3.63, 3.8) is 0 Å². The van der Waals surface area contributed by atoms with Gasteiger partial charge >= 0.3 is 6.16 Å². The molecule has 0 aliphatic carbocycles. The van der Waals surface area contributed by atoms with Gasteiger partial charge in [-0.15, -0.1) is 0 Å². The van der Waals surface area contributed by atoms with Gasteiger partial charge < -0.3 is 14.6 Å². The van der Waals surface area contributed by atoms with E-state index in [0.29, 0.717) is 13.2 Å². The fraction of sp³-hybridized carbons (Fsp3) is 0.125. The van der Waals surface area contributed by atoms with Crippen LogP contribution in [0.5, 0.6) is 5.75 Å². The zero-order valence-electron chi connectivity index (χ0n) is 16.3. The Morgan fingerprint density at radius 1 is 0.900 bits per heavy atom. The molecule has 3 aromatic rings. The molecule has 6 nitrogen and oxygen atoms in total. The Balaban J connectivity index is 1.48. The molecule has 2 N–H and O–H groups in total. The molecule has 0 saturated carbocycles. The van der Waals surface area contributed by atoms with Gasteiger partial charge in [-0.05, 0) is 28.8 Å². The molecule has 1 aliphatic rings. The molecule has 0 bridgehead atoms. The highest BCUT2D eigenvalue weighted by molar-refractivity contribution is 5.58. The van der Waals surface area contributed by atoms with Gasteiger partial charge in [0.15, 0.2) is 0 Å². The summed E-state index contributed by atoms with van der Waals surface area (Å²) >= 11 is 0. The van der Waals surface area contributed by atoms with Crippen LogP contribution in [-0.4, -0.2) is 16.3 Å². The molecule has 0 fully saturated rings. The zero-order chi connectivity index (χ0) is 20.8. The van der Waals surface area contributed by atoms with Gasteiger partial charge in [0, 0.05) is 12.6 Å². The van der Waals surface area contributed by atoms with Crippen molar-refractivity contribution in [2.24, 2.45) is 0 Å². The van der Waals surface area contributed by atoms with E-state index in [1.165, 1.54) is 0 Å². The number of nitrogens with zero attached hydrogens (tertiary/aromatic N) is 1. The van der Waals surface area contributed by atoms with Gasteiger partial charge in [-0.3, -0.25) is 5.43 Å². The molecule has 1 heterocycles. The van der Waals surface area contributed by atoms with E-state index in [1.54, 1.807) is 6.08 Å². The number of benzene rings is 3. The number of carboxylic acid groups (broad SMARTS) is 1. The summed E-state index contributed by atoms with van der Waals surface area (Å²) in [5.74, 6) is 0.974. The summed E-state index contributed by atoms with van der Waals surface area (Å²) in [5.41, 5.74) is 6.24. The predicted molar refractivity (Wildman–Crippen MR) is 112 cm³/mol. The number of hydrazine groups is 1. The molecule has 3 aromatic carbocycles. The average molecular weight is 402 g/mol. The van der Waals surface area contributed by atoms with Gasteiger partial charge in [-0.25, -0.2) is 9.80 Å². The van der Waals surface area contributed by atoms with Crippen LogP contribution < -0.4 is 10.2 Å². The Labute approximate surface area is 175 Å². The lowest BCUT2D eigenvalue weighted by atomic mass is 10.1. The van der Waals surface area contributed by atoms with Crippen molar-refractivity contribution in [2.75, 3.05) is 0 Å². The van der Waals surface area contributed by atoms with E-state index < -0.39 is 6.16 Å². The molecular formula is C24H22N2O4. The summed E-state index contributed by atoms with van der Waals surface area (Å²) < 4.78 is 10.7. The maximum atomic E-state index is 11.0. The zero-order valence-corrected chi connectivity index (χ0v) is 16.3. The van der Waals surface area contributed by atoms with E-state index >= 15 is 0 Å². The topological polar surface area (TPSA) is 71.0 Å². The SMILES string of the molecule is O=C(O)OC1=CC(c2ccc(OCc3ccccc3)cc2)N(Cc2ccccc2)N1. The van der Waals surface area contributed by atoms with Gasteiger partial charge in [-0.1, -0.05) is 72.8 Å². The van der Waals surface area contributed by atoms with Crippen LogP contribution in [0.15, 0.2) is 96.9 Å². The second kappa shape index (κ2) is 9.15. The molecule has 0 amide bonds. The van der Waals surface area contributed by atoms with Crippen molar-refractivity contribution in [3.8, 4) is 5.75 Å². The first kappa shape index (κ1) is 19.5. The first-order valence-electron chi connectivity index (χ1n) is 9.64. The predicted octanol–water partition coefficient (Wildman–Crippen LogP) is 4.86. The number of carbonyl (C=O) groups is 1. The summed E-state index contributed by atoms with van der Waals surface area (Å²) in [6.45, 7) is 1.09. The summed E-state index contributed by atoms with van der Waals surface area (Å²) in [4.78, 5) is 11.0. The van der Waals surface area contributed by atoms with Gasteiger partial charge in [0.05, 0.1) is 6.04 Å². The van der Waals surface area contributed by atoms with Gasteiger partial charge in [0.2, 0.25) is 5.88 Å². The van der Waals surface area contributed by atoms with Crippen LogP contribution in [0.2, 0.25) is 0 Å². The second-order valence-electron chi connectivity index (χ2n) is 6.91. The highest BCUT2D eigenvalue weighted by Gasteiger charge is 2.28. The molecule has 1 unspecified atom stereocenters. The van der Waals surface area contributed by atoms with E-state index in [-0.39, 0.29) is 11.9 Å². The quantitative estimate of drug-likeness (QED) is 0.550. The van der Waals surface area contributed by atoms with Crippen molar-refractivity contribution in [2.45, 2.75) is 19.2 Å². The Hall–Kier alpha value is -3.77. The van der Waals surface area contributed by atoms with Gasteiger partial charge in [-0.2, -0.15) is 0 Å². The minimum Gasteiger partial charge on any atom is -0.489 e. The van der Waals surface area contributed by atoms with Crippen LogP contribution >= 0.6 is 0 Å². The lowest BCUT2D eigenvalue weighted by Gasteiger charge is -2.25. The molecule has 6 heteroatoms. The lowest BCUT2D eigenvalue weighted by Crippen LogP contribution is -2.34. The van der Waals surface area contributed by atoms with E-state index in [9.17, 15) is 4.79 Å². The van der Waals surface area contributed by atoms with Gasteiger partial charge in [0.25, 0.3) is 0 Å². The molecule has 152 valence electrons. The minimum absolute atomic E-state index is 0.178. The van der Waals surface area contributed by atoms with E-state index in [4.69, 9.17) is 14.6 Å². The number of ether oxygens (including phenoxy) is 2. The fourth-order valence-electron chi connectivity index (χ4n) is 3.33. The van der Waals surface area contributed by atoms with E-state index in [0.717, 1.165) is 22.4 Å². The Bertz CT molecular complexity index is 1000. The summed E-state index contributed by atoms with van der Waals surface area (Å²) in [6, 6.07) is 27.6. The van der Waals surface area contributed by atoms with E-state index in [2.05, 4.69) is 5.43 Å². The number of hydrogen-bond donors (Lipinski definition) is 2. The summed E-state index contributed by atoms with van der Waals surface area (Å²) in [6.07, 6.45) is 0.412. The van der Waals surface area contributed by atoms with Crippen LogP contribution in [0, 0.1) is 0 Å². The summed E-state index contributed by atoms with van der Waals surface area (Å²) in [7, 11) is 0. The van der Waals surface area contributed by atoms with Crippen molar-refractivity contribution in [1.82, 2.24) is 10.4 Å². The van der Waals surface area contributed by atoms with Crippen molar-refractivity contribution in [1.29, 1.82) is 0 Å². The fourth-order valence-corrected chi connectivity index (χ4v) is 3.33. The first-order chi connectivity index (χ1) is 14.7. The Morgan fingerprint density at radius 3 is 2.17 bits per heavy atom. The molecule has 30 heavy (non-hydrogen) atoms. The second-order valence-corrected chi connectivity index (χ2v) is 6.91. The minimum atomic E-state index is -1.35. The molecule has 0 aromatic heterocycles. The van der Waals surface area contributed by atoms with Crippen molar-refractivity contribution >= 4 is 6.16 Å². The number of hydrogen-bond acceptors (Lipinski definition) is 5. The molecule has 0 spiro atoms. The Morgan fingerprint density at radius 2 is 1.53 bits per heavy atom. The van der Waals surface area contributed by atoms with E-state index in [1.807, 2.05) is 89.9 Å². The lowest BCUT2D eigenvalue weighted by molar-refractivity contribution is 0.0946. The van der Waals surface area contributed by atoms with Crippen LogP contribution in [0.3, 0.4) is 0 Å². The van der Waals surface area contributed by atoms with Crippen LogP contribution in [-0.2, 0) is 17.9 Å². The molecule has 0 saturated heterocycles. The standard InChI is InChI=1S/C24H22N2O4/c27-24(28)30-23-15-22(26(25-23)16-18-7-3-1-4-8-18)20-11-13-21(14-12-20)29-17-19-9-5-2-6-10-19/h1-15,22,25H,16-17H2,(H,27,28). The molecule has 4 rings (SSSR count). The molecule has 0 radical (unpaired) electrons. The third-order valence-electron chi connectivity index (χ3n) is 4.76. The average Bonchev–Trinajstić information content (AvgIpc) is 3.15. The highest BCUT2D eigenvalue weighted by Crippen LogP contribution is 2.30. The van der Waals surface area contributed by atoms with Crippen molar-refractivity contribution < 1.29 is 19.4 Å². The number of nitrogens with one attached hydrogen (secondary N) is 1. The number of rotatable bonds is 7. The van der Waals surface area contributed by atoms with Crippen LogP contribution in [0.1, 0.15) is 22.7 Å². The summed E-state index contributed by atoms with van der Waals surface area (Å²) in [5, 5.41) is 10.9. The van der Waals surface area contributed by atoms with Crippen LogP contribution in [0.25, 0.3) is 0 Å². The maximum absolute atomic E-state index is 11.0. The van der Waals surface area contributed by atoms with Crippen molar-refractivity contribution in [3.05, 3.63) is 114 Å². The highest BCUT2D eigenvalue weighted by atomic mass is 16.7. The first-order valence-corrected chi connectivity index (χ1v) is 9.64. The molecule has 1 aliphatic heterocycles. The monoisotopic (exact) mass is 402 g/mol. The normalized spacial score (nSPS) is 15.9. The Kier molecular flexibility index (Phi) is 5.96. The smallest absolute Gasteiger partial charge is 0.489 e.